The van der Waals surface area contributed by atoms with Crippen molar-refractivity contribution in [2.45, 2.75) is 20.4 Å². The maximum absolute atomic E-state index is 4.78. The molecule has 0 saturated heterocycles. The number of aromatic nitrogens is 2. The summed E-state index contributed by atoms with van der Waals surface area (Å²) in [6.45, 7) is 5.20. The van der Waals surface area contributed by atoms with Crippen molar-refractivity contribution in [1.29, 1.82) is 0 Å². The minimum atomic E-state index is 0.955. The maximum atomic E-state index is 4.78. The molecule has 19 heavy (non-hydrogen) atoms. The van der Waals surface area contributed by atoms with Gasteiger partial charge in [0.1, 0.15) is 11.6 Å². The van der Waals surface area contributed by atoms with Crippen LogP contribution in [-0.4, -0.2) is 4.98 Å². The summed E-state index contributed by atoms with van der Waals surface area (Å²) in [4.78, 5) is 4.78. The number of aryl methyl sites for hydroxylation is 2. The van der Waals surface area contributed by atoms with E-state index >= 15 is 0 Å². The topological polar surface area (TPSA) is 16.8 Å². The molecule has 0 spiro atoms. The number of para-hydroxylation sites is 1. The molecule has 2 aromatic heterocycles. The number of hydrogen-bond donors (Lipinski definition) is 0. The largest absolute Gasteiger partial charge is 0.236 e. The molecule has 0 bridgehead atoms. The molecule has 0 N–H and O–H groups in total. The Morgan fingerprint density at radius 3 is 2.89 bits per heavy atom. The number of fused-ring (bicyclic) bond motifs is 1. The van der Waals surface area contributed by atoms with E-state index in [9.17, 15) is 0 Å². The van der Waals surface area contributed by atoms with Crippen molar-refractivity contribution in [1.82, 2.24) is 4.98 Å². The van der Waals surface area contributed by atoms with E-state index in [0.29, 0.717) is 0 Å². The normalized spacial score (nSPS) is 11.1. The second kappa shape index (κ2) is 5.02. The number of pyridine rings is 1. The van der Waals surface area contributed by atoms with Gasteiger partial charge in [-0.25, -0.2) is 9.55 Å². The zero-order chi connectivity index (χ0) is 13.4. The molecule has 96 valence electrons. The Balaban J connectivity index is 2.19. The monoisotopic (exact) mass is 333 g/mol. The molecule has 0 aliphatic rings. The van der Waals surface area contributed by atoms with Gasteiger partial charge in [-0.15, -0.1) is 11.3 Å². The van der Waals surface area contributed by atoms with Crippen LogP contribution in [-0.2, 0) is 6.54 Å². The van der Waals surface area contributed by atoms with Gasteiger partial charge in [0.2, 0.25) is 0 Å². The third-order valence-corrected chi connectivity index (χ3v) is 4.62. The molecule has 2 heterocycles. The Hall–Kier alpha value is -1.26. The predicted molar refractivity (Wildman–Crippen MR) is 83.4 cm³/mol. The average Bonchev–Trinajstić information content (AvgIpc) is 2.83. The molecule has 4 heteroatoms. The van der Waals surface area contributed by atoms with E-state index in [0.717, 1.165) is 27.1 Å². The zero-order valence-electron chi connectivity index (χ0n) is 10.9. The van der Waals surface area contributed by atoms with Crippen LogP contribution >= 0.6 is 27.3 Å². The van der Waals surface area contributed by atoms with Gasteiger partial charge in [0.25, 0.3) is 0 Å². The van der Waals surface area contributed by atoms with E-state index in [-0.39, 0.29) is 0 Å². The van der Waals surface area contributed by atoms with E-state index in [4.69, 9.17) is 4.98 Å². The second-order valence-corrected chi connectivity index (χ2v) is 6.46. The standard InChI is InChI=1S/C15H14BrN2S/c1-3-18-8-11(7-12(16)9-18)15-17-14-10(2)5-4-6-13(14)19-15/h4-9H,3H2,1-2H3/q+1. The third kappa shape index (κ3) is 2.42. The first kappa shape index (κ1) is 12.8. The van der Waals surface area contributed by atoms with E-state index in [1.807, 2.05) is 0 Å². The quantitative estimate of drug-likeness (QED) is 0.637. The van der Waals surface area contributed by atoms with Crippen LogP contribution < -0.4 is 4.57 Å². The second-order valence-electron chi connectivity index (χ2n) is 4.51. The number of benzene rings is 1. The van der Waals surface area contributed by atoms with E-state index in [1.165, 1.54) is 10.3 Å². The van der Waals surface area contributed by atoms with Crippen molar-refractivity contribution >= 4 is 37.5 Å². The fraction of sp³-hybridized carbons (Fsp3) is 0.200. The van der Waals surface area contributed by atoms with Gasteiger partial charge in [-0.2, -0.15) is 0 Å². The minimum Gasteiger partial charge on any atom is -0.236 e. The molecule has 1 aromatic carbocycles. The highest BCUT2D eigenvalue weighted by atomic mass is 79.9. The summed E-state index contributed by atoms with van der Waals surface area (Å²) >= 11 is 5.31. The van der Waals surface area contributed by atoms with Crippen LogP contribution in [0, 0.1) is 6.92 Å². The molecule has 3 rings (SSSR count). The zero-order valence-corrected chi connectivity index (χ0v) is 13.3. The molecular formula is C15H14BrN2S+. The summed E-state index contributed by atoms with van der Waals surface area (Å²) in [5.41, 5.74) is 3.51. The first-order valence-corrected chi connectivity index (χ1v) is 7.84. The van der Waals surface area contributed by atoms with Crippen molar-refractivity contribution in [2.75, 3.05) is 0 Å². The Morgan fingerprint density at radius 2 is 2.16 bits per heavy atom. The Morgan fingerprint density at radius 1 is 1.32 bits per heavy atom. The maximum Gasteiger partial charge on any atom is 0.183 e. The van der Waals surface area contributed by atoms with Crippen molar-refractivity contribution in [3.63, 3.8) is 0 Å². The first-order chi connectivity index (χ1) is 9.17. The smallest absolute Gasteiger partial charge is 0.183 e. The highest BCUT2D eigenvalue weighted by molar-refractivity contribution is 9.10. The van der Waals surface area contributed by atoms with Gasteiger partial charge in [0.05, 0.1) is 20.3 Å². The molecule has 0 saturated carbocycles. The Bertz CT molecular complexity index is 749. The van der Waals surface area contributed by atoms with Gasteiger partial charge < -0.3 is 0 Å². The first-order valence-electron chi connectivity index (χ1n) is 6.23. The van der Waals surface area contributed by atoms with Crippen molar-refractivity contribution in [3.05, 3.63) is 46.7 Å². The lowest BCUT2D eigenvalue weighted by Gasteiger charge is -1.97. The molecule has 0 unspecified atom stereocenters. The lowest BCUT2D eigenvalue weighted by atomic mass is 10.2. The SMILES string of the molecule is CC[n+]1cc(Br)cc(-c2nc3c(C)cccc3s2)c1. The number of halogens is 1. The van der Waals surface area contributed by atoms with Gasteiger partial charge in [0.15, 0.2) is 12.4 Å². The number of thiazole rings is 1. The molecule has 0 fully saturated rings. The average molecular weight is 334 g/mol. The summed E-state index contributed by atoms with van der Waals surface area (Å²) in [5, 5.41) is 1.08. The molecule has 0 aliphatic carbocycles. The van der Waals surface area contributed by atoms with Gasteiger partial charge in [-0.3, -0.25) is 0 Å². The molecule has 0 atom stereocenters. The van der Waals surface area contributed by atoms with Crippen LogP contribution in [0.4, 0.5) is 0 Å². The summed E-state index contributed by atoms with van der Waals surface area (Å²) in [6, 6.07) is 8.46. The van der Waals surface area contributed by atoms with Gasteiger partial charge in [0, 0.05) is 0 Å². The molecule has 2 nitrogen and oxygen atoms in total. The number of rotatable bonds is 2. The lowest BCUT2D eigenvalue weighted by Crippen LogP contribution is -2.31. The highest BCUT2D eigenvalue weighted by Crippen LogP contribution is 2.31. The van der Waals surface area contributed by atoms with Gasteiger partial charge in [-0.1, -0.05) is 12.1 Å². The molecular weight excluding hydrogens is 320 g/mol. The predicted octanol–water partition coefficient (Wildman–Crippen LogP) is 4.34. The van der Waals surface area contributed by atoms with Crippen molar-refractivity contribution in [2.24, 2.45) is 0 Å². The van der Waals surface area contributed by atoms with Gasteiger partial charge in [-0.05, 0) is 47.5 Å². The van der Waals surface area contributed by atoms with Crippen LogP contribution in [0.1, 0.15) is 12.5 Å². The number of hydrogen-bond acceptors (Lipinski definition) is 2. The van der Waals surface area contributed by atoms with Crippen LogP contribution in [0.2, 0.25) is 0 Å². The molecule has 0 amide bonds. The van der Waals surface area contributed by atoms with E-state index in [2.05, 4.69) is 71.0 Å². The molecule has 0 aliphatic heterocycles. The van der Waals surface area contributed by atoms with Gasteiger partial charge >= 0.3 is 0 Å². The van der Waals surface area contributed by atoms with E-state index in [1.54, 1.807) is 11.3 Å². The van der Waals surface area contributed by atoms with Crippen LogP contribution in [0.5, 0.6) is 0 Å². The molecule has 0 radical (unpaired) electrons. The summed E-state index contributed by atoms with van der Waals surface area (Å²) in [6.07, 6.45) is 4.24. The summed E-state index contributed by atoms with van der Waals surface area (Å²) in [5.74, 6) is 0. The van der Waals surface area contributed by atoms with E-state index < -0.39 is 0 Å². The summed E-state index contributed by atoms with van der Waals surface area (Å²) < 4.78 is 4.50. The third-order valence-electron chi connectivity index (χ3n) is 3.12. The Labute approximate surface area is 124 Å². The fourth-order valence-corrected chi connectivity index (χ4v) is 3.64. The van der Waals surface area contributed by atoms with Crippen molar-refractivity contribution in [3.8, 4) is 10.6 Å². The molecule has 3 aromatic rings. The Kier molecular flexibility index (Phi) is 3.37. The minimum absolute atomic E-state index is 0.955. The fourth-order valence-electron chi connectivity index (χ4n) is 2.11. The number of nitrogens with zero attached hydrogens (tertiary/aromatic N) is 2. The van der Waals surface area contributed by atoms with Crippen LogP contribution in [0.3, 0.4) is 0 Å². The lowest BCUT2D eigenvalue weighted by molar-refractivity contribution is -0.693. The van der Waals surface area contributed by atoms with Crippen molar-refractivity contribution < 1.29 is 4.57 Å². The summed E-state index contributed by atoms with van der Waals surface area (Å²) in [7, 11) is 0. The van der Waals surface area contributed by atoms with Crippen LogP contribution in [0.25, 0.3) is 20.8 Å². The van der Waals surface area contributed by atoms with Crippen LogP contribution in [0.15, 0.2) is 41.1 Å². The highest BCUT2D eigenvalue weighted by Gasteiger charge is 2.12.